The van der Waals surface area contributed by atoms with Crippen LogP contribution in [0.5, 0.6) is 0 Å². The number of para-hydroxylation sites is 1. The van der Waals surface area contributed by atoms with E-state index in [4.69, 9.17) is 4.74 Å². The van der Waals surface area contributed by atoms with E-state index in [9.17, 15) is 14.7 Å². The highest BCUT2D eigenvalue weighted by atomic mass is 16.6. The minimum Gasteiger partial charge on any atom is -0.443 e. The Morgan fingerprint density at radius 2 is 1.80 bits per heavy atom. The van der Waals surface area contributed by atoms with Gasteiger partial charge in [0, 0.05) is 5.56 Å². The SMILES string of the molecule is Cc1cccc([C@]2(O)C(=O)N(C(=O)OC(C)(C)C)c3ccccc32)c1. The van der Waals surface area contributed by atoms with E-state index < -0.39 is 23.2 Å². The summed E-state index contributed by atoms with van der Waals surface area (Å²) in [6.07, 6.45) is -0.798. The van der Waals surface area contributed by atoms with Crippen molar-refractivity contribution in [1.29, 1.82) is 0 Å². The van der Waals surface area contributed by atoms with E-state index in [0.717, 1.165) is 10.5 Å². The molecule has 0 aromatic heterocycles. The summed E-state index contributed by atoms with van der Waals surface area (Å²) in [5.41, 5.74) is -0.624. The highest BCUT2D eigenvalue weighted by molar-refractivity contribution is 6.21. The topological polar surface area (TPSA) is 66.8 Å². The maximum Gasteiger partial charge on any atom is 0.421 e. The van der Waals surface area contributed by atoms with E-state index in [1.807, 2.05) is 13.0 Å². The van der Waals surface area contributed by atoms with Crippen molar-refractivity contribution in [3.8, 4) is 0 Å². The zero-order valence-corrected chi connectivity index (χ0v) is 14.7. The lowest BCUT2D eigenvalue weighted by molar-refractivity contribution is -0.131. The van der Waals surface area contributed by atoms with E-state index in [-0.39, 0.29) is 0 Å². The normalized spacial score (nSPS) is 19.7. The molecule has 5 nitrogen and oxygen atoms in total. The highest BCUT2D eigenvalue weighted by Crippen LogP contribution is 2.44. The van der Waals surface area contributed by atoms with Gasteiger partial charge in [-0.2, -0.15) is 0 Å². The first-order valence-electron chi connectivity index (χ1n) is 8.11. The van der Waals surface area contributed by atoms with Gasteiger partial charge >= 0.3 is 6.09 Å². The van der Waals surface area contributed by atoms with Crippen molar-refractivity contribution in [3.63, 3.8) is 0 Å². The quantitative estimate of drug-likeness (QED) is 0.863. The summed E-state index contributed by atoms with van der Waals surface area (Å²) in [4.78, 5) is 26.6. The predicted molar refractivity (Wildman–Crippen MR) is 94.3 cm³/mol. The molecule has 0 bridgehead atoms. The van der Waals surface area contributed by atoms with Crippen LogP contribution in [0.2, 0.25) is 0 Å². The Morgan fingerprint density at radius 1 is 1.12 bits per heavy atom. The number of nitrogens with zero attached hydrogens (tertiary/aromatic N) is 1. The van der Waals surface area contributed by atoms with E-state index in [0.29, 0.717) is 16.8 Å². The van der Waals surface area contributed by atoms with Crippen molar-refractivity contribution in [2.24, 2.45) is 0 Å². The first kappa shape index (κ1) is 17.2. The number of aliphatic hydroxyl groups is 1. The first-order chi connectivity index (χ1) is 11.6. The average Bonchev–Trinajstić information content (AvgIpc) is 2.75. The number of carbonyl (C=O) groups excluding carboxylic acids is 2. The third-order valence-electron chi connectivity index (χ3n) is 4.06. The number of rotatable bonds is 1. The molecule has 1 N–H and O–H groups in total. The number of anilines is 1. The van der Waals surface area contributed by atoms with Gasteiger partial charge in [0.2, 0.25) is 0 Å². The molecule has 1 aliphatic rings. The Bertz CT molecular complexity index is 853. The van der Waals surface area contributed by atoms with Crippen LogP contribution in [0.25, 0.3) is 0 Å². The smallest absolute Gasteiger partial charge is 0.421 e. The summed E-state index contributed by atoms with van der Waals surface area (Å²) < 4.78 is 5.36. The number of benzene rings is 2. The molecule has 0 spiro atoms. The fourth-order valence-electron chi connectivity index (χ4n) is 3.00. The van der Waals surface area contributed by atoms with Gasteiger partial charge < -0.3 is 9.84 Å². The Labute approximate surface area is 146 Å². The molecule has 2 aromatic carbocycles. The summed E-state index contributed by atoms with van der Waals surface area (Å²) in [5, 5.41) is 11.3. The van der Waals surface area contributed by atoms with Gasteiger partial charge in [-0.15, -0.1) is 0 Å². The highest BCUT2D eigenvalue weighted by Gasteiger charge is 2.54. The summed E-state index contributed by atoms with van der Waals surface area (Å²) in [6.45, 7) is 7.06. The van der Waals surface area contributed by atoms with Crippen LogP contribution in [-0.4, -0.2) is 22.7 Å². The molecule has 0 fully saturated rings. The van der Waals surface area contributed by atoms with Crippen molar-refractivity contribution in [2.75, 3.05) is 4.90 Å². The molecule has 1 atom stereocenters. The van der Waals surface area contributed by atoms with Crippen LogP contribution in [0.3, 0.4) is 0 Å². The van der Waals surface area contributed by atoms with Gasteiger partial charge in [-0.1, -0.05) is 48.0 Å². The Balaban J connectivity index is 2.14. The molecule has 25 heavy (non-hydrogen) atoms. The first-order valence-corrected chi connectivity index (χ1v) is 8.11. The summed E-state index contributed by atoms with van der Waals surface area (Å²) in [7, 11) is 0. The number of hydrogen-bond acceptors (Lipinski definition) is 4. The van der Waals surface area contributed by atoms with Crippen LogP contribution in [0.15, 0.2) is 48.5 Å². The maximum absolute atomic E-state index is 13.1. The molecular weight excluding hydrogens is 318 g/mol. The van der Waals surface area contributed by atoms with Gasteiger partial charge in [-0.05, 0) is 39.3 Å². The van der Waals surface area contributed by atoms with Gasteiger partial charge in [0.25, 0.3) is 5.91 Å². The van der Waals surface area contributed by atoms with Gasteiger partial charge in [0.1, 0.15) is 5.60 Å². The van der Waals surface area contributed by atoms with Gasteiger partial charge in [-0.25, -0.2) is 9.69 Å². The summed E-state index contributed by atoms with van der Waals surface area (Å²) in [6, 6.07) is 13.8. The Hall–Kier alpha value is -2.66. The van der Waals surface area contributed by atoms with Crippen LogP contribution >= 0.6 is 0 Å². The van der Waals surface area contributed by atoms with E-state index in [1.54, 1.807) is 63.2 Å². The molecule has 0 saturated carbocycles. The fourth-order valence-corrected chi connectivity index (χ4v) is 3.00. The van der Waals surface area contributed by atoms with Crippen LogP contribution < -0.4 is 4.90 Å². The minimum atomic E-state index is -1.92. The van der Waals surface area contributed by atoms with Crippen molar-refractivity contribution < 1.29 is 19.4 Å². The number of aryl methyl sites for hydroxylation is 1. The maximum atomic E-state index is 13.1. The molecule has 0 aliphatic carbocycles. The molecule has 5 heteroatoms. The van der Waals surface area contributed by atoms with Crippen molar-refractivity contribution in [3.05, 3.63) is 65.2 Å². The van der Waals surface area contributed by atoms with Gasteiger partial charge in [-0.3, -0.25) is 4.79 Å². The lowest BCUT2D eigenvalue weighted by Crippen LogP contribution is -2.45. The lowest BCUT2D eigenvalue weighted by atomic mass is 9.87. The monoisotopic (exact) mass is 339 g/mol. The van der Waals surface area contributed by atoms with Gasteiger partial charge in [0.05, 0.1) is 5.69 Å². The Morgan fingerprint density at radius 3 is 2.44 bits per heavy atom. The van der Waals surface area contributed by atoms with Crippen molar-refractivity contribution >= 4 is 17.7 Å². The second-order valence-electron chi connectivity index (χ2n) is 7.22. The van der Waals surface area contributed by atoms with Crippen LogP contribution in [0, 0.1) is 6.92 Å². The third-order valence-corrected chi connectivity index (χ3v) is 4.06. The molecule has 3 rings (SSSR count). The lowest BCUT2D eigenvalue weighted by Gasteiger charge is -2.25. The standard InChI is InChI=1S/C20H21NO4/c1-13-8-7-9-14(12-13)20(24)15-10-5-6-11-16(15)21(17(20)22)18(23)25-19(2,3)4/h5-12,24H,1-4H3/t20-/m1/s1. The number of amides is 2. The second kappa shape index (κ2) is 5.70. The molecular formula is C20H21NO4. The van der Waals surface area contributed by atoms with E-state index in [2.05, 4.69) is 0 Å². The molecule has 2 aromatic rings. The van der Waals surface area contributed by atoms with Crippen LogP contribution in [-0.2, 0) is 15.1 Å². The Kier molecular flexibility index (Phi) is 3.92. The molecule has 130 valence electrons. The number of hydrogen-bond donors (Lipinski definition) is 1. The van der Waals surface area contributed by atoms with Crippen molar-refractivity contribution in [1.82, 2.24) is 0 Å². The molecule has 0 radical (unpaired) electrons. The zero-order chi connectivity index (χ0) is 18.4. The number of imide groups is 1. The molecule has 0 saturated heterocycles. The average molecular weight is 339 g/mol. The largest absolute Gasteiger partial charge is 0.443 e. The molecule has 1 aliphatic heterocycles. The van der Waals surface area contributed by atoms with E-state index >= 15 is 0 Å². The number of ether oxygens (including phenoxy) is 1. The molecule has 1 heterocycles. The van der Waals surface area contributed by atoms with Gasteiger partial charge in [0.15, 0.2) is 5.60 Å². The molecule has 2 amide bonds. The second-order valence-corrected chi connectivity index (χ2v) is 7.22. The number of carbonyl (C=O) groups is 2. The van der Waals surface area contributed by atoms with E-state index in [1.165, 1.54) is 0 Å². The predicted octanol–water partition coefficient (Wildman–Crippen LogP) is 3.51. The van der Waals surface area contributed by atoms with Crippen LogP contribution in [0.4, 0.5) is 10.5 Å². The minimum absolute atomic E-state index is 0.339. The zero-order valence-electron chi connectivity index (χ0n) is 14.7. The molecule has 0 unspecified atom stereocenters. The van der Waals surface area contributed by atoms with Crippen molar-refractivity contribution in [2.45, 2.75) is 38.9 Å². The summed E-state index contributed by atoms with van der Waals surface area (Å²) in [5.74, 6) is -0.728. The summed E-state index contributed by atoms with van der Waals surface area (Å²) >= 11 is 0. The van der Waals surface area contributed by atoms with Crippen LogP contribution in [0.1, 0.15) is 37.5 Å². The third kappa shape index (κ3) is 2.81. The number of fused-ring (bicyclic) bond motifs is 1. The fraction of sp³-hybridized carbons (Fsp3) is 0.300.